The maximum absolute atomic E-state index is 13.6. The fraction of sp³-hybridized carbons (Fsp3) is 0.208. The van der Waals surface area contributed by atoms with Crippen molar-refractivity contribution in [2.45, 2.75) is 18.2 Å². The van der Waals surface area contributed by atoms with Crippen LogP contribution in [0.4, 0.5) is 10.1 Å². The molecule has 174 valence electrons. The first-order valence-corrected chi connectivity index (χ1v) is 12.1. The smallest absolute Gasteiger partial charge is 0.264 e. The predicted octanol–water partition coefficient (Wildman–Crippen LogP) is 4.43. The van der Waals surface area contributed by atoms with Gasteiger partial charge in [-0.2, -0.15) is 0 Å². The minimum Gasteiger partial charge on any atom is -0.492 e. The summed E-state index contributed by atoms with van der Waals surface area (Å²) in [5, 5.41) is 2.40. The fourth-order valence-electron chi connectivity index (χ4n) is 3.04. The minimum absolute atomic E-state index is 0.00268. The Morgan fingerprint density at radius 3 is 2.39 bits per heavy atom. The molecule has 0 aliphatic carbocycles. The van der Waals surface area contributed by atoms with Crippen LogP contribution in [-0.4, -0.2) is 34.0 Å². The summed E-state index contributed by atoms with van der Waals surface area (Å²) in [4.78, 5) is 12.6. The lowest BCUT2D eigenvalue weighted by Crippen LogP contribution is -2.42. The predicted molar refractivity (Wildman–Crippen MR) is 127 cm³/mol. The van der Waals surface area contributed by atoms with Gasteiger partial charge in [0.1, 0.15) is 24.7 Å². The van der Waals surface area contributed by atoms with Gasteiger partial charge in [0, 0.05) is 0 Å². The number of sulfonamides is 1. The number of carbonyl (C=O) groups is 1. The molecule has 0 spiro atoms. The molecule has 3 rings (SSSR count). The van der Waals surface area contributed by atoms with Gasteiger partial charge in [-0.15, -0.1) is 0 Å². The number of aryl methyl sites for hydroxylation is 1. The van der Waals surface area contributed by atoms with Crippen molar-refractivity contribution < 1.29 is 22.3 Å². The van der Waals surface area contributed by atoms with Gasteiger partial charge in [0.15, 0.2) is 0 Å². The number of anilines is 1. The largest absolute Gasteiger partial charge is 0.492 e. The molecule has 0 bridgehead atoms. The highest BCUT2D eigenvalue weighted by Gasteiger charge is 2.27. The van der Waals surface area contributed by atoms with Gasteiger partial charge in [-0.25, -0.2) is 12.8 Å². The summed E-state index contributed by atoms with van der Waals surface area (Å²) in [5.74, 6) is -0.554. The number of hydrogen-bond donors (Lipinski definition) is 1. The Hall–Kier alpha value is -3.10. The molecule has 0 radical (unpaired) electrons. The minimum atomic E-state index is -4.10. The second-order valence-corrected chi connectivity index (χ2v) is 9.39. The van der Waals surface area contributed by atoms with Gasteiger partial charge in [-0.05, 0) is 54.4 Å². The lowest BCUT2D eigenvalue weighted by atomic mass is 10.2. The van der Waals surface area contributed by atoms with E-state index in [1.807, 2.05) is 24.3 Å². The highest BCUT2D eigenvalue weighted by atomic mass is 35.5. The van der Waals surface area contributed by atoms with Crippen molar-refractivity contribution in [1.82, 2.24) is 5.32 Å². The average Bonchev–Trinajstić information content (AvgIpc) is 2.83. The first-order valence-electron chi connectivity index (χ1n) is 10.3. The average molecular weight is 491 g/mol. The number of rotatable bonds is 10. The van der Waals surface area contributed by atoms with Crippen LogP contribution in [0.3, 0.4) is 0 Å². The molecule has 0 saturated heterocycles. The van der Waals surface area contributed by atoms with Gasteiger partial charge in [0.25, 0.3) is 10.0 Å². The van der Waals surface area contributed by atoms with E-state index >= 15 is 0 Å². The van der Waals surface area contributed by atoms with Crippen molar-refractivity contribution in [1.29, 1.82) is 0 Å². The van der Waals surface area contributed by atoms with Crippen LogP contribution in [0.2, 0.25) is 5.02 Å². The number of carbonyl (C=O) groups excluding carboxylic acids is 1. The SMILES string of the molecule is CCc1ccc(OCCNC(=O)CN(c2ccc(F)c(Cl)c2)S(=O)(=O)c2ccccc2)cc1. The quantitative estimate of drug-likeness (QED) is 0.426. The third kappa shape index (κ3) is 6.46. The van der Waals surface area contributed by atoms with Crippen molar-refractivity contribution in [3.05, 3.63) is 89.2 Å². The molecule has 0 atom stereocenters. The fourth-order valence-corrected chi connectivity index (χ4v) is 4.65. The maximum Gasteiger partial charge on any atom is 0.264 e. The van der Waals surface area contributed by atoms with E-state index in [1.54, 1.807) is 18.2 Å². The topological polar surface area (TPSA) is 75.7 Å². The van der Waals surface area contributed by atoms with E-state index in [2.05, 4.69) is 12.2 Å². The molecule has 6 nitrogen and oxygen atoms in total. The summed E-state index contributed by atoms with van der Waals surface area (Å²) < 4.78 is 46.6. The molecule has 9 heteroatoms. The summed E-state index contributed by atoms with van der Waals surface area (Å²) in [6.45, 7) is 1.94. The lowest BCUT2D eigenvalue weighted by molar-refractivity contribution is -0.119. The van der Waals surface area contributed by atoms with Crippen molar-refractivity contribution in [3.8, 4) is 5.75 Å². The molecule has 0 aliphatic heterocycles. The van der Waals surface area contributed by atoms with E-state index in [-0.39, 0.29) is 28.8 Å². The molecular formula is C24H24ClFN2O4S. The van der Waals surface area contributed by atoms with Crippen molar-refractivity contribution in [3.63, 3.8) is 0 Å². The van der Waals surface area contributed by atoms with E-state index in [1.165, 1.54) is 29.8 Å². The summed E-state index contributed by atoms with van der Waals surface area (Å²) in [5.41, 5.74) is 1.27. The van der Waals surface area contributed by atoms with Crippen molar-refractivity contribution in [2.24, 2.45) is 0 Å². The van der Waals surface area contributed by atoms with E-state index < -0.39 is 28.3 Å². The lowest BCUT2D eigenvalue weighted by Gasteiger charge is -2.24. The van der Waals surface area contributed by atoms with Crippen LogP contribution in [0.5, 0.6) is 5.75 Å². The third-order valence-corrected chi connectivity index (χ3v) is 6.91. The molecule has 0 aromatic heterocycles. The van der Waals surface area contributed by atoms with Crippen LogP contribution in [0.25, 0.3) is 0 Å². The number of benzene rings is 3. The van der Waals surface area contributed by atoms with Gasteiger partial charge in [-0.1, -0.05) is 48.9 Å². The van der Waals surface area contributed by atoms with E-state index in [0.29, 0.717) is 5.75 Å². The Kier molecular flexibility index (Phi) is 8.30. The first kappa shape index (κ1) is 24.5. The second-order valence-electron chi connectivity index (χ2n) is 7.12. The highest BCUT2D eigenvalue weighted by Crippen LogP contribution is 2.27. The Morgan fingerprint density at radius 2 is 1.76 bits per heavy atom. The van der Waals surface area contributed by atoms with Crippen LogP contribution in [0, 0.1) is 5.82 Å². The summed E-state index contributed by atoms with van der Waals surface area (Å²) in [6.07, 6.45) is 0.929. The molecule has 0 heterocycles. The number of nitrogens with zero attached hydrogens (tertiary/aromatic N) is 1. The zero-order valence-corrected chi connectivity index (χ0v) is 19.6. The second kappa shape index (κ2) is 11.2. The molecule has 0 saturated carbocycles. The molecule has 1 amide bonds. The third-order valence-electron chi connectivity index (χ3n) is 4.83. The Bertz CT molecular complexity index is 1190. The zero-order chi connectivity index (χ0) is 23.8. The number of nitrogens with one attached hydrogen (secondary N) is 1. The van der Waals surface area contributed by atoms with Crippen LogP contribution in [-0.2, 0) is 21.2 Å². The number of hydrogen-bond acceptors (Lipinski definition) is 4. The molecule has 1 N–H and O–H groups in total. The first-order chi connectivity index (χ1) is 15.8. The normalized spacial score (nSPS) is 11.1. The Balaban J connectivity index is 1.69. The van der Waals surface area contributed by atoms with Crippen LogP contribution < -0.4 is 14.4 Å². The molecular weight excluding hydrogens is 467 g/mol. The van der Waals surface area contributed by atoms with Gasteiger partial charge in [0.05, 0.1) is 22.2 Å². The summed E-state index contributed by atoms with van der Waals surface area (Å²) in [6, 6.07) is 18.8. The van der Waals surface area contributed by atoms with Crippen LogP contribution in [0.15, 0.2) is 77.7 Å². The van der Waals surface area contributed by atoms with E-state index in [4.69, 9.17) is 16.3 Å². The number of ether oxygens (including phenoxy) is 1. The van der Waals surface area contributed by atoms with E-state index in [0.717, 1.165) is 16.8 Å². The standard InChI is InChI=1S/C24H24ClFN2O4S/c1-2-18-8-11-20(12-9-18)32-15-14-27-24(29)17-28(19-10-13-23(26)22(25)16-19)33(30,31)21-6-4-3-5-7-21/h3-13,16H,2,14-15,17H2,1H3,(H,27,29). The van der Waals surface area contributed by atoms with Gasteiger partial charge >= 0.3 is 0 Å². The van der Waals surface area contributed by atoms with Gasteiger partial charge in [0.2, 0.25) is 5.91 Å². The van der Waals surface area contributed by atoms with Crippen molar-refractivity contribution >= 4 is 33.2 Å². The van der Waals surface area contributed by atoms with E-state index in [9.17, 15) is 17.6 Å². The molecule has 0 unspecified atom stereocenters. The summed E-state index contributed by atoms with van der Waals surface area (Å²) in [7, 11) is -4.10. The zero-order valence-electron chi connectivity index (χ0n) is 18.0. The van der Waals surface area contributed by atoms with Gasteiger partial charge in [-0.3, -0.25) is 9.10 Å². The molecule has 33 heavy (non-hydrogen) atoms. The van der Waals surface area contributed by atoms with Crippen LogP contribution >= 0.6 is 11.6 Å². The summed E-state index contributed by atoms with van der Waals surface area (Å²) >= 11 is 5.86. The molecule has 3 aromatic carbocycles. The number of amides is 1. The number of halogens is 2. The Morgan fingerprint density at radius 1 is 1.06 bits per heavy atom. The van der Waals surface area contributed by atoms with Crippen LogP contribution in [0.1, 0.15) is 12.5 Å². The van der Waals surface area contributed by atoms with Crippen molar-refractivity contribution in [2.75, 3.05) is 24.0 Å². The Labute approximate surface area is 198 Å². The van der Waals surface area contributed by atoms with Gasteiger partial charge < -0.3 is 10.1 Å². The molecule has 0 aliphatic rings. The molecule has 3 aromatic rings. The monoisotopic (exact) mass is 490 g/mol. The maximum atomic E-state index is 13.6. The highest BCUT2D eigenvalue weighted by molar-refractivity contribution is 7.92. The molecule has 0 fully saturated rings.